The first-order chi connectivity index (χ1) is 8.78. The largest absolute Gasteiger partial charge is 0.327 e. The van der Waals surface area contributed by atoms with Crippen LogP contribution in [0.25, 0.3) is 0 Å². The highest BCUT2D eigenvalue weighted by Crippen LogP contribution is 2.20. The van der Waals surface area contributed by atoms with Gasteiger partial charge in [0.2, 0.25) is 0 Å². The van der Waals surface area contributed by atoms with E-state index in [1.165, 1.54) is 18.1 Å². The summed E-state index contributed by atoms with van der Waals surface area (Å²) in [4.78, 5) is 16.6. The molecule has 0 aliphatic carbocycles. The van der Waals surface area contributed by atoms with Crippen molar-refractivity contribution in [3.05, 3.63) is 36.5 Å². The van der Waals surface area contributed by atoms with Crippen molar-refractivity contribution in [1.29, 1.82) is 0 Å². The molecule has 0 spiro atoms. The zero-order chi connectivity index (χ0) is 12.8. The molecule has 0 bridgehead atoms. The number of nitrogens with two attached hydrogens (primary N) is 1. The third-order valence-electron chi connectivity index (χ3n) is 2.45. The molecule has 2 aromatic heterocycles. The molecule has 2 aromatic rings. The highest BCUT2D eigenvalue weighted by atomic mass is 32.2. The van der Waals surface area contributed by atoms with Gasteiger partial charge in [-0.05, 0) is 36.2 Å². The van der Waals surface area contributed by atoms with E-state index in [0.717, 1.165) is 23.4 Å². The molecule has 2 heterocycles. The summed E-state index contributed by atoms with van der Waals surface area (Å²) >= 11 is 1.42. The van der Waals surface area contributed by atoms with Gasteiger partial charge < -0.3 is 5.73 Å². The van der Waals surface area contributed by atoms with E-state index >= 15 is 0 Å². The lowest BCUT2D eigenvalue weighted by Gasteiger charge is -2.07. The van der Waals surface area contributed by atoms with Crippen LogP contribution in [0.1, 0.15) is 18.9 Å². The maximum Gasteiger partial charge on any atom is 0.193 e. The predicted molar refractivity (Wildman–Crippen MR) is 70.2 cm³/mol. The molecule has 0 saturated carbocycles. The molecule has 2 rings (SSSR count). The van der Waals surface area contributed by atoms with E-state index in [2.05, 4.69) is 26.9 Å². The Morgan fingerprint density at radius 2 is 2.06 bits per heavy atom. The minimum absolute atomic E-state index is 0.175. The summed E-state index contributed by atoms with van der Waals surface area (Å²) in [5.74, 6) is 0. The Kier molecular flexibility index (Phi) is 4.60. The molecule has 1 unspecified atom stereocenters. The molecule has 0 aliphatic rings. The fraction of sp³-hybridized carbons (Fsp3) is 0.333. The van der Waals surface area contributed by atoms with Gasteiger partial charge in [0, 0.05) is 24.6 Å². The van der Waals surface area contributed by atoms with Gasteiger partial charge in [-0.15, -0.1) is 0 Å². The lowest BCUT2D eigenvalue weighted by atomic mass is 10.1. The van der Waals surface area contributed by atoms with Crippen LogP contribution in [0, 0.1) is 0 Å². The van der Waals surface area contributed by atoms with Crippen molar-refractivity contribution in [3.8, 4) is 0 Å². The molecule has 0 fully saturated rings. The average molecular weight is 261 g/mol. The van der Waals surface area contributed by atoms with Crippen LogP contribution < -0.4 is 5.73 Å². The first kappa shape index (κ1) is 12.9. The molecule has 0 aliphatic heterocycles. The Bertz CT molecular complexity index is 474. The zero-order valence-electron chi connectivity index (χ0n) is 10.2. The monoisotopic (exact) mass is 261 g/mol. The third kappa shape index (κ3) is 3.75. The molecule has 0 radical (unpaired) electrons. The van der Waals surface area contributed by atoms with Crippen LogP contribution in [0.15, 0.2) is 41.2 Å². The summed E-state index contributed by atoms with van der Waals surface area (Å²) in [5, 5.41) is 1.52. The molecule has 6 heteroatoms. The normalized spacial score (nSPS) is 12.3. The van der Waals surface area contributed by atoms with E-state index < -0.39 is 0 Å². The Hall–Kier alpha value is -1.53. The summed E-state index contributed by atoms with van der Waals surface area (Å²) < 4.78 is 0. The van der Waals surface area contributed by atoms with Gasteiger partial charge >= 0.3 is 0 Å². The van der Waals surface area contributed by atoms with Gasteiger partial charge in [0.1, 0.15) is 11.4 Å². The molecule has 0 amide bonds. The Balaban J connectivity index is 2.00. The topological polar surface area (TPSA) is 77.6 Å². The first-order valence-electron chi connectivity index (χ1n) is 5.78. The lowest BCUT2D eigenvalue weighted by molar-refractivity contribution is 0.641. The van der Waals surface area contributed by atoms with Gasteiger partial charge in [-0.1, -0.05) is 6.92 Å². The Labute approximate surface area is 110 Å². The SMILES string of the molecule is CCC(N)Cc1cnc(Sc2ccncn2)nc1. The smallest absolute Gasteiger partial charge is 0.193 e. The fourth-order valence-corrected chi connectivity index (χ4v) is 2.01. The second kappa shape index (κ2) is 6.42. The Morgan fingerprint density at radius 3 is 2.67 bits per heavy atom. The molecular formula is C12H15N5S. The van der Waals surface area contributed by atoms with Gasteiger partial charge in [-0.2, -0.15) is 0 Å². The maximum atomic E-state index is 5.89. The van der Waals surface area contributed by atoms with E-state index in [0.29, 0.717) is 5.16 Å². The first-order valence-corrected chi connectivity index (χ1v) is 6.60. The zero-order valence-corrected chi connectivity index (χ0v) is 11.0. The molecule has 0 aromatic carbocycles. The van der Waals surface area contributed by atoms with Gasteiger partial charge in [-0.3, -0.25) is 0 Å². The molecule has 5 nitrogen and oxygen atoms in total. The number of hydrogen-bond acceptors (Lipinski definition) is 6. The standard InChI is InChI=1S/C12H15N5S/c1-2-10(13)5-9-6-15-12(16-7-9)18-11-3-4-14-8-17-11/h3-4,6-8,10H,2,5,13H2,1H3. The minimum Gasteiger partial charge on any atom is -0.327 e. The van der Waals surface area contributed by atoms with Crippen molar-refractivity contribution in [3.63, 3.8) is 0 Å². The highest BCUT2D eigenvalue weighted by Gasteiger charge is 2.04. The van der Waals surface area contributed by atoms with Crippen LogP contribution in [0.4, 0.5) is 0 Å². The minimum atomic E-state index is 0.175. The van der Waals surface area contributed by atoms with E-state index in [1.54, 1.807) is 6.20 Å². The summed E-state index contributed by atoms with van der Waals surface area (Å²) in [6, 6.07) is 2.00. The van der Waals surface area contributed by atoms with Crippen LogP contribution in [0.2, 0.25) is 0 Å². The summed E-state index contributed by atoms with van der Waals surface area (Å²) in [5.41, 5.74) is 6.95. The van der Waals surface area contributed by atoms with E-state index in [9.17, 15) is 0 Å². The fourth-order valence-electron chi connectivity index (χ4n) is 1.38. The van der Waals surface area contributed by atoms with Crippen LogP contribution in [0.3, 0.4) is 0 Å². The van der Waals surface area contributed by atoms with Gasteiger partial charge in [0.05, 0.1) is 0 Å². The van der Waals surface area contributed by atoms with Gasteiger partial charge in [-0.25, -0.2) is 19.9 Å². The van der Waals surface area contributed by atoms with Crippen molar-refractivity contribution in [2.45, 2.75) is 36.0 Å². The molecule has 1 atom stereocenters. The highest BCUT2D eigenvalue weighted by molar-refractivity contribution is 7.99. The summed E-state index contributed by atoms with van der Waals surface area (Å²) in [7, 11) is 0. The second-order valence-corrected chi connectivity index (χ2v) is 4.88. The van der Waals surface area contributed by atoms with E-state index in [1.807, 2.05) is 18.5 Å². The van der Waals surface area contributed by atoms with Gasteiger partial charge in [0.15, 0.2) is 5.16 Å². The number of aromatic nitrogens is 4. The van der Waals surface area contributed by atoms with Crippen LogP contribution in [-0.4, -0.2) is 26.0 Å². The van der Waals surface area contributed by atoms with Gasteiger partial charge in [0.25, 0.3) is 0 Å². The van der Waals surface area contributed by atoms with Crippen molar-refractivity contribution >= 4 is 11.8 Å². The van der Waals surface area contributed by atoms with Crippen LogP contribution >= 0.6 is 11.8 Å². The van der Waals surface area contributed by atoms with Crippen molar-refractivity contribution < 1.29 is 0 Å². The third-order valence-corrected chi connectivity index (χ3v) is 3.30. The van der Waals surface area contributed by atoms with E-state index in [4.69, 9.17) is 5.73 Å². The quantitative estimate of drug-likeness (QED) is 0.652. The molecule has 0 saturated heterocycles. The Morgan fingerprint density at radius 1 is 1.28 bits per heavy atom. The number of hydrogen-bond donors (Lipinski definition) is 1. The summed E-state index contributed by atoms with van der Waals surface area (Å²) in [6.07, 6.45) is 8.63. The summed E-state index contributed by atoms with van der Waals surface area (Å²) in [6.45, 7) is 2.07. The number of nitrogens with zero attached hydrogens (tertiary/aromatic N) is 4. The molecular weight excluding hydrogens is 246 g/mol. The van der Waals surface area contributed by atoms with Crippen molar-refractivity contribution in [1.82, 2.24) is 19.9 Å². The van der Waals surface area contributed by atoms with Crippen molar-refractivity contribution in [2.75, 3.05) is 0 Å². The lowest BCUT2D eigenvalue weighted by Crippen LogP contribution is -2.21. The van der Waals surface area contributed by atoms with E-state index in [-0.39, 0.29) is 6.04 Å². The predicted octanol–water partition coefficient (Wildman–Crippen LogP) is 1.70. The molecule has 94 valence electrons. The molecule has 18 heavy (non-hydrogen) atoms. The van der Waals surface area contributed by atoms with Crippen molar-refractivity contribution in [2.24, 2.45) is 5.73 Å². The maximum absolute atomic E-state index is 5.89. The average Bonchev–Trinajstić information content (AvgIpc) is 2.42. The van der Waals surface area contributed by atoms with Crippen LogP contribution in [0.5, 0.6) is 0 Å². The number of rotatable bonds is 5. The molecule has 2 N–H and O–H groups in total. The second-order valence-electron chi connectivity index (χ2n) is 3.90. The van der Waals surface area contributed by atoms with Crippen LogP contribution in [-0.2, 0) is 6.42 Å².